The van der Waals surface area contributed by atoms with E-state index < -0.39 is 22.6 Å². The van der Waals surface area contributed by atoms with E-state index in [0.29, 0.717) is 0 Å². The molecule has 0 aromatic carbocycles. The number of rotatable bonds is 4. The van der Waals surface area contributed by atoms with Crippen LogP contribution in [0.25, 0.3) is 0 Å². The van der Waals surface area contributed by atoms with Gasteiger partial charge in [-0.1, -0.05) is 20.8 Å². The van der Waals surface area contributed by atoms with Crippen LogP contribution in [-0.2, 0) is 33.9 Å². The fourth-order valence-electron chi connectivity index (χ4n) is 0.751. The minimum absolute atomic E-state index is 0. The summed E-state index contributed by atoms with van der Waals surface area (Å²) in [6, 6.07) is 0. The molecule has 0 aromatic heterocycles. The van der Waals surface area contributed by atoms with Crippen molar-refractivity contribution in [1.29, 1.82) is 0 Å². The summed E-state index contributed by atoms with van der Waals surface area (Å²) in [5.41, 5.74) is -2.09. The quantitative estimate of drug-likeness (QED) is 0.628. The third-order valence-corrected chi connectivity index (χ3v) is 2.39. The Morgan fingerprint density at radius 2 is 1.31 bits per heavy atom. The summed E-state index contributed by atoms with van der Waals surface area (Å²) in [7, 11) is 0. The fraction of sp³-hybridized carbons (Fsp3) is 0.727. The minimum Gasteiger partial charge on any atom is -0.481 e. The summed E-state index contributed by atoms with van der Waals surface area (Å²) in [6.07, 6.45) is -0.317. The third-order valence-electron chi connectivity index (χ3n) is 2.39. The van der Waals surface area contributed by atoms with E-state index in [0.717, 1.165) is 0 Å². The summed E-state index contributed by atoms with van der Waals surface area (Å²) >= 11 is 0. The third kappa shape index (κ3) is 4.52. The molecule has 0 saturated heterocycles. The Labute approximate surface area is 109 Å². The second-order valence-electron chi connectivity index (χ2n) is 5.20. The summed E-state index contributed by atoms with van der Waals surface area (Å²) in [5, 5.41) is 8.80. The van der Waals surface area contributed by atoms with Gasteiger partial charge in [-0.15, -0.1) is 0 Å². The molecule has 0 fully saturated rings. The van der Waals surface area contributed by atoms with Crippen LogP contribution in [0.15, 0.2) is 0 Å². The number of carbonyl (C=O) groups excluding carboxylic acids is 2. The van der Waals surface area contributed by atoms with Crippen LogP contribution in [0.5, 0.6) is 0 Å². The van der Waals surface area contributed by atoms with Crippen molar-refractivity contribution in [1.82, 2.24) is 0 Å². The van der Waals surface area contributed by atoms with Crippen LogP contribution in [-0.4, -0.2) is 22.6 Å². The van der Waals surface area contributed by atoms with Crippen LogP contribution in [0.2, 0.25) is 0 Å². The first-order valence-corrected chi connectivity index (χ1v) is 4.79. The molecule has 0 aliphatic heterocycles. The molecule has 0 aliphatic carbocycles. The Bertz CT molecular complexity index is 300. The normalized spacial score (nSPS) is 11.6. The van der Waals surface area contributed by atoms with E-state index in [2.05, 4.69) is 0 Å². The van der Waals surface area contributed by atoms with Gasteiger partial charge in [-0.25, -0.2) is 0 Å². The summed E-state index contributed by atoms with van der Waals surface area (Å²) in [4.78, 5) is 33.9. The van der Waals surface area contributed by atoms with Crippen LogP contribution in [0.4, 0.5) is 0 Å². The Hall–Kier alpha value is -0.567. The Balaban J connectivity index is 0. The number of hydrogen-bond donors (Lipinski definition) is 1. The van der Waals surface area contributed by atoms with Gasteiger partial charge < -0.3 is 5.11 Å². The van der Waals surface area contributed by atoms with Gasteiger partial charge in [-0.05, 0) is 13.8 Å². The molecule has 0 unspecified atom stereocenters. The molecule has 0 aromatic rings. The Kier molecular flexibility index (Phi) is 6.31. The van der Waals surface area contributed by atoms with Gasteiger partial charge in [0.05, 0.1) is 6.42 Å². The smallest absolute Gasteiger partial charge is 0.316 e. The topological polar surface area (TPSA) is 71.4 Å². The van der Waals surface area contributed by atoms with Crippen LogP contribution < -0.4 is 0 Å². The molecule has 5 heteroatoms. The first kappa shape index (κ1) is 17.8. The summed E-state index contributed by atoms with van der Waals surface area (Å²) < 4.78 is 0. The van der Waals surface area contributed by atoms with Crippen molar-refractivity contribution in [3.8, 4) is 0 Å². The molecular weight excluding hydrogens is 262 g/mol. The van der Waals surface area contributed by atoms with Crippen molar-refractivity contribution in [2.75, 3.05) is 0 Å². The number of Topliss-reactive ketones (excluding diaryl/α,β-unsaturated/α-hetero) is 2. The molecule has 0 atom stereocenters. The summed E-state index contributed by atoms with van der Waals surface area (Å²) in [6.45, 7) is 7.74. The largest absolute Gasteiger partial charge is 0.481 e. The molecule has 4 nitrogen and oxygen atoms in total. The van der Waals surface area contributed by atoms with Crippen molar-refractivity contribution in [3.63, 3.8) is 0 Å². The van der Waals surface area contributed by atoms with Gasteiger partial charge in [0.25, 0.3) is 0 Å². The number of aliphatic carboxylic acids is 1. The van der Waals surface area contributed by atoms with E-state index in [-0.39, 0.29) is 31.7 Å². The Morgan fingerprint density at radius 3 is 1.56 bits per heavy atom. The average molecular weight is 280 g/mol. The maximum absolute atomic E-state index is 11.6. The number of carbonyl (C=O) groups is 3. The molecule has 0 heterocycles. The second kappa shape index (κ2) is 5.67. The Morgan fingerprint density at radius 1 is 0.938 bits per heavy atom. The predicted octanol–water partition coefficient (Wildman–Crippen LogP) is 1.67. The van der Waals surface area contributed by atoms with Gasteiger partial charge in [-0.2, -0.15) is 0 Å². The van der Waals surface area contributed by atoms with Gasteiger partial charge in [0, 0.05) is 24.9 Å². The van der Waals surface area contributed by atoms with Gasteiger partial charge >= 0.3 is 5.97 Å². The standard InChI is InChI=1S/C11H18O4.Zn/c1-10(2,3)7(12)6-8(13)11(4,5)9(14)15;/h6H2,1-5H3,(H,14,15);. The molecule has 0 bridgehead atoms. The summed E-state index contributed by atoms with van der Waals surface area (Å²) in [5.74, 6) is -1.98. The molecule has 0 rings (SSSR count). The zero-order valence-electron chi connectivity index (χ0n) is 10.6. The van der Waals surface area contributed by atoms with Crippen molar-refractivity contribution in [3.05, 3.63) is 0 Å². The van der Waals surface area contributed by atoms with Crippen LogP contribution in [0, 0.1) is 10.8 Å². The van der Waals surface area contributed by atoms with Crippen LogP contribution in [0.3, 0.4) is 0 Å². The second-order valence-corrected chi connectivity index (χ2v) is 5.20. The number of carboxylic acids is 1. The number of hydrogen-bond acceptors (Lipinski definition) is 3. The van der Waals surface area contributed by atoms with Gasteiger partial charge in [0.2, 0.25) is 0 Å². The monoisotopic (exact) mass is 278 g/mol. The number of carboxylic acid groups (broad SMARTS) is 1. The van der Waals surface area contributed by atoms with Crippen molar-refractivity contribution in [2.45, 2.75) is 41.0 Å². The van der Waals surface area contributed by atoms with Crippen molar-refractivity contribution in [2.24, 2.45) is 10.8 Å². The van der Waals surface area contributed by atoms with Gasteiger partial charge in [0.15, 0.2) is 5.78 Å². The van der Waals surface area contributed by atoms with Crippen LogP contribution >= 0.6 is 0 Å². The van der Waals surface area contributed by atoms with Crippen LogP contribution in [0.1, 0.15) is 41.0 Å². The molecule has 0 aliphatic rings. The van der Waals surface area contributed by atoms with E-state index in [1.165, 1.54) is 13.8 Å². The average Bonchev–Trinajstić information content (AvgIpc) is 2.01. The van der Waals surface area contributed by atoms with E-state index in [1.807, 2.05) is 0 Å². The van der Waals surface area contributed by atoms with E-state index >= 15 is 0 Å². The molecule has 0 saturated carbocycles. The van der Waals surface area contributed by atoms with Crippen molar-refractivity contribution < 1.29 is 39.0 Å². The first-order chi connectivity index (χ1) is 6.49. The zero-order valence-corrected chi connectivity index (χ0v) is 13.6. The van der Waals surface area contributed by atoms with Crippen molar-refractivity contribution >= 4 is 17.5 Å². The SMILES string of the molecule is CC(C)(C)C(=O)CC(=O)C(C)(C)C(=O)O.[Zn]. The van der Waals surface area contributed by atoms with E-state index in [1.54, 1.807) is 20.8 Å². The molecule has 0 spiro atoms. The maximum Gasteiger partial charge on any atom is 0.316 e. The fourth-order valence-corrected chi connectivity index (χ4v) is 0.751. The minimum atomic E-state index is -1.49. The molecule has 0 amide bonds. The molecule has 1 N–H and O–H groups in total. The zero-order chi connectivity index (χ0) is 12.4. The van der Waals surface area contributed by atoms with E-state index in [9.17, 15) is 14.4 Å². The first-order valence-electron chi connectivity index (χ1n) is 4.79. The number of ketones is 2. The van der Waals surface area contributed by atoms with Gasteiger partial charge in [-0.3, -0.25) is 14.4 Å². The molecule has 88 valence electrons. The predicted molar refractivity (Wildman–Crippen MR) is 55.5 cm³/mol. The van der Waals surface area contributed by atoms with E-state index in [4.69, 9.17) is 5.11 Å². The van der Waals surface area contributed by atoms with Gasteiger partial charge in [0.1, 0.15) is 11.2 Å². The molecule has 0 radical (unpaired) electrons. The molecular formula is C11H18O4Zn. The molecule has 16 heavy (non-hydrogen) atoms. The maximum atomic E-state index is 11.6.